The molecule has 2 aliphatic heterocycles. The van der Waals surface area contributed by atoms with Crippen molar-refractivity contribution in [1.29, 1.82) is 0 Å². The van der Waals surface area contributed by atoms with Gasteiger partial charge in [0.25, 0.3) is 0 Å². The minimum absolute atomic E-state index is 0.00597. The number of hydrogen-bond acceptors (Lipinski definition) is 60. The van der Waals surface area contributed by atoms with Crippen LogP contribution in [-0.4, -0.2) is 426 Å². The van der Waals surface area contributed by atoms with Crippen LogP contribution in [0.5, 0.6) is 109 Å². The van der Waals surface area contributed by atoms with Gasteiger partial charge in [-0.05, 0) is 72.8 Å². The molecule has 2 unspecified atom stereocenters. The predicted molar refractivity (Wildman–Crippen MR) is 445 cm³/mol. The number of methoxy groups -OCH3 is 2. The van der Waals surface area contributed by atoms with Crippen molar-refractivity contribution >= 4 is 110 Å². The third kappa shape index (κ3) is 26.7. The standard InChI is InChI=1S/2C14H16O12.C14H6O8.C13H14O12.C13H12O11.C13H16O10/c1-25-14(24)10(20)8(18)9(19)11(12(21)22)26-13(23)4-2-5(15)7(17)6(16)3-4;1-25-14(24)11(9(19)8(18)10(20)12(21)22)26-13(23)4-2-5(15)7(17)6(16)3-4;15-5-1-3-7-8-4(14(20)22-11(7)9(5)17)2-6(16)10(18)12(8)21-13(3)19;14-4-1-3(2-5(15)6(4)16)13(24)25-10(12(22)23)8(18)7(17)9(19)11(20)21;14-4-1-3(2-5(15)6(4)16)12(21)24-10(11(19)20)9-7(17)8(18)13(22)23-9;14-3-7-9(18)10(19)11(20)13(22-7)23-12(21)4-1-5(15)8(17)6(16)2-4/h2*2-3,8-11,15-20H,1H3,(H,21,22);1-2,15-18H;1-2,7-10,14-19H,(H,20,21)(H,22,23);1-2,7-10,14-18H,(H,19,20);1-2,7,9-11,13-20H,3H2/t2*8-,9+,10+,11-;;7-,8+,9+,10-;7-,8-,9-,10+;7?,9-,10+,11?,13+/m11.101/s1. The molecule has 65 nitrogen and oxygen atoms in total. The second-order valence-electron chi connectivity index (χ2n) is 29.3. The summed E-state index contributed by atoms with van der Waals surface area (Å²) in [7, 11) is 1.71. The first kappa shape index (κ1) is 117. The number of phenolic OH excluding ortho intramolecular Hbond substituents is 19. The number of benzene rings is 7. The molecule has 0 saturated carbocycles. The van der Waals surface area contributed by atoms with E-state index in [9.17, 15) is 230 Å². The number of aromatic hydroxyl groups is 19. The topological polar surface area (TPSA) is 1150 Å². The maximum atomic E-state index is 12.0. The van der Waals surface area contributed by atoms with Crippen LogP contribution in [0.15, 0.2) is 91.2 Å². The van der Waals surface area contributed by atoms with Crippen molar-refractivity contribution in [3.8, 4) is 109 Å². The van der Waals surface area contributed by atoms with E-state index in [4.69, 9.17) is 59.2 Å². The van der Waals surface area contributed by atoms with Gasteiger partial charge in [-0.1, -0.05) is 0 Å². The van der Waals surface area contributed by atoms with E-state index in [-0.39, 0.29) is 27.1 Å². The van der Waals surface area contributed by atoms with Crippen LogP contribution in [0, 0.1) is 0 Å². The minimum Gasteiger partial charge on any atom is -0.504 e. The van der Waals surface area contributed by atoms with Gasteiger partial charge in [-0.2, -0.15) is 0 Å². The molecule has 7 aromatic carbocycles. The van der Waals surface area contributed by atoms with Gasteiger partial charge in [-0.15, -0.1) is 0 Å². The molecule has 794 valence electrons. The fourth-order valence-electron chi connectivity index (χ4n) is 11.9. The van der Waals surface area contributed by atoms with E-state index in [0.29, 0.717) is 48.5 Å². The molecule has 0 bridgehead atoms. The number of esters is 8. The lowest BCUT2D eigenvalue weighted by molar-refractivity contribution is -0.285. The second kappa shape index (κ2) is 48.6. The van der Waals surface area contributed by atoms with Gasteiger partial charge < -0.3 is 251 Å². The van der Waals surface area contributed by atoms with Crippen molar-refractivity contribution in [1.82, 2.24) is 0 Å². The van der Waals surface area contributed by atoms with Crippen molar-refractivity contribution in [2.45, 2.75) is 128 Å². The van der Waals surface area contributed by atoms with Crippen molar-refractivity contribution in [3.05, 3.63) is 121 Å². The number of carboxylic acid groups (broad SMARTS) is 5. The van der Waals surface area contributed by atoms with Crippen molar-refractivity contribution in [3.63, 3.8) is 0 Å². The first-order valence-corrected chi connectivity index (χ1v) is 39.0. The Balaban J connectivity index is 0.000000268. The van der Waals surface area contributed by atoms with Crippen LogP contribution >= 0.6 is 0 Å². The van der Waals surface area contributed by atoms with Crippen molar-refractivity contribution < 1.29 is 313 Å². The van der Waals surface area contributed by atoms with E-state index in [0.717, 1.165) is 38.5 Å². The smallest absolute Gasteiger partial charge is 0.350 e. The highest BCUT2D eigenvalue weighted by molar-refractivity contribution is 6.22. The molecule has 9 aromatic rings. The van der Waals surface area contributed by atoms with Crippen LogP contribution in [0.4, 0.5) is 0 Å². The number of phenols is 19. The van der Waals surface area contributed by atoms with Crippen LogP contribution < -0.4 is 11.3 Å². The van der Waals surface area contributed by atoms with Gasteiger partial charge >= 0.3 is 88.9 Å². The number of ether oxygens (including phenoxy) is 9. The first-order chi connectivity index (χ1) is 67.8. The van der Waals surface area contributed by atoms with Crippen LogP contribution in [0.3, 0.4) is 0 Å². The molecule has 0 radical (unpaired) electrons. The highest BCUT2D eigenvalue weighted by atomic mass is 16.7. The van der Waals surface area contributed by atoms with E-state index in [1.807, 2.05) is 0 Å². The van der Waals surface area contributed by atoms with Gasteiger partial charge in [0.05, 0.1) is 59.4 Å². The molecule has 2 saturated heterocycles. The average molecular weight is 2090 g/mol. The lowest BCUT2D eigenvalue weighted by atomic mass is 9.99. The monoisotopic (exact) mass is 2090 g/mol. The van der Waals surface area contributed by atoms with Crippen molar-refractivity contribution in [2.75, 3.05) is 20.8 Å². The number of aliphatic hydroxyl groups is 15. The predicted octanol–water partition coefficient (Wildman–Crippen LogP) is -9.95. The molecule has 11 rings (SSSR count). The zero-order chi connectivity index (χ0) is 111. The summed E-state index contributed by atoms with van der Waals surface area (Å²) in [6.45, 7) is -0.695. The van der Waals surface area contributed by atoms with Gasteiger partial charge in [0.2, 0.25) is 42.2 Å². The van der Waals surface area contributed by atoms with Gasteiger partial charge in [-0.25, -0.2) is 71.9 Å². The van der Waals surface area contributed by atoms with E-state index in [1.165, 1.54) is 0 Å². The zero-order valence-corrected chi connectivity index (χ0v) is 72.3. The normalized spacial score (nSPS) is 18.8. The van der Waals surface area contributed by atoms with E-state index in [2.05, 4.69) is 33.2 Å². The Bertz CT molecular complexity index is 6320. The van der Waals surface area contributed by atoms with Gasteiger partial charge in [0, 0.05) is 10.8 Å². The molecule has 2 aromatic heterocycles. The molecule has 0 aliphatic carbocycles. The van der Waals surface area contributed by atoms with Crippen LogP contribution in [0.1, 0.15) is 51.8 Å². The van der Waals surface area contributed by atoms with Crippen molar-refractivity contribution in [2.24, 2.45) is 0 Å². The Kier molecular flexibility index (Phi) is 38.9. The Hall–Kier alpha value is -17.8. The third-order valence-corrected chi connectivity index (χ3v) is 19.6. The third-order valence-electron chi connectivity index (χ3n) is 19.6. The molecular formula is C81H80O65. The van der Waals surface area contributed by atoms with Gasteiger partial charge in [-0.3, -0.25) is 0 Å². The number of hydrogen-bond donors (Lipinski definition) is 39. The average Bonchev–Trinajstić information content (AvgIpc) is 0.789. The zero-order valence-electron chi connectivity index (χ0n) is 72.3. The van der Waals surface area contributed by atoms with Crippen LogP contribution in [0.25, 0.3) is 32.7 Å². The number of aliphatic carboxylic acids is 5. The molecule has 0 spiro atoms. The summed E-state index contributed by atoms with van der Waals surface area (Å²) in [6.07, 6.45) is -45.2. The maximum Gasteiger partial charge on any atom is 0.350 e. The molecule has 2 fully saturated rings. The fraction of sp³-hybridized carbons (Fsp3) is 0.296. The molecule has 2 aliphatic rings. The Morgan fingerprint density at radius 1 is 0.322 bits per heavy atom. The Labute approximate surface area is 800 Å². The summed E-state index contributed by atoms with van der Waals surface area (Å²) in [6, 6.07) is 8.79. The lowest BCUT2D eigenvalue weighted by Crippen LogP contribution is -2.59. The minimum atomic E-state index is -2.56. The molecule has 21 atom stereocenters. The number of carbonyl (C=O) groups excluding carboxylic acids is 8. The molecule has 0 amide bonds. The summed E-state index contributed by atoms with van der Waals surface area (Å²) in [4.78, 5) is 172. The highest BCUT2D eigenvalue weighted by Gasteiger charge is 2.52. The number of cyclic esters (lactones) is 1. The number of aliphatic hydroxyl groups excluding tert-OH is 15. The molecule has 4 heterocycles. The number of rotatable bonds is 28. The molecule has 65 heteroatoms. The lowest BCUT2D eigenvalue weighted by Gasteiger charge is -2.39. The van der Waals surface area contributed by atoms with Gasteiger partial charge in [0.15, 0.2) is 139 Å². The maximum absolute atomic E-state index is 12.0. The fourth-order valence-corrected chi connectivity index (χ4v) is 11.9. The Morgan fingerprint density at radius 3 is 0.877 bits per heavy atom. The summed E-state index contributed by atoms with van der Waals surface area (Å²) >= 11 is 0. The summed E-state index contributed by atoms with van der Waals surface area (Å²) in [5.74, 6) is -36.6. The number of carboxylic acids is 5. The van der Waals surface area contributed by atoms with E-state index >= 15 is 0 Å². The quantitative estimate of drug-likeness (QED) is 0.00712. The SMILES string of the molecule is COC(=O)[C@@H](O)[C@H](O)[C@H](O)[C@@H](OC(=O)c1cc(O)c(O)c(O)c1)C(=O)O.COC(=O)[C@H](OC(=O)c1cc(O)c(O)c(O)c1)[C@@H](O)[C@@H](O)[C@H](O)C(=O)O.O=C(O[C@@H](C(=O)O)[C@@H](O)[C@@H](O)[C@H](O)C(=O)O)c1cc(O)c(O)c(O)c1.O=C(O[C@@H](C(=O)O)[C@H]1OC(=O)[C@@H](O)[C@@H]1O)c1cc(O)c(O)c(O)c1.O=C(O[C@@H]1OC(CO)[C@@H](O)[C@H](O)C1O)c1cc(O)c(O)c(O)c1.O=c1oc2c(O)c(O)cc3c(=O)oc4c(O)c(O)cc1c4c23. The summed E-state index contributed by atoms with van der Waals surface area (Å²) in [5, 5.41) is 365. The van der Waals surface area contributed by atoms with E-state index < -0.39 is 366 Å². The van der Waals surface area contributed by atoms with Gasteiger partial charge in [0.1, 0.15) is 67.1 Å². The molecule has 146 heavy (non-hydrogen) atoms. The largest absolute Gasteiger partial charge is 0.504 e. The van der Waals surface area contributed by atoms with Crippen LogP contribution in [0.2, 0.25) is 0 Å². The molecule has 39 N–H and O–H groups in total. The number of carbonyl (C=O) groups is 13. The summed E-state index contributed by atoms with van der Waals surface area (Å²) < 4.78 is 50.6. The Morgan fingerprint density at radius 2 is 0.603 bits per heavy atom. The second-order valence-corrected chi connectivity index (χ2v) is 29.3. The summed E-state index contributed by atoms with van der Waals surface area (Å²) in [5.41, 5.74) is -5.37. The molecular weight excluding hydrogens is 2010 g/mol. The van der Waals surface area contributed by atoms with E-state index in [1.54, 1.807) is 0 Å². The first-order valence-electron chi connectivity index (χ1n) is 39.0. The highest BCUT2D eigenvalue weighted by Crippen LogP contribution is 2.46. The van der Waals surface area contributed by atoms with Crippen LogP contribution in [-0.2, 0) is 81.0 Å².